The fraction of sp³-hybridized carbons (Fsp3) is 0.211. The van der Waals surface area contributed by atoms with Gasteiger partial charge in [-0.05, 0) is 62.5 Å². The number of carbonyl (C=O) groups is 2. The van der Waals surface area contributed by atoms with Crippen LogP contribution in [0.5, 0.6) is 5.75 Å². The van der Waals surface area contributed by atoms with Gasteiger partial charge in [0.2, 0.25) is 0 Å². The molecule has 26 heavy (non-hydrogen) atoms. The summed E-state index contributed by atoms with van der Waals surface area (Å²) in [5, 5.41) is 5.54. The van der Waals surface area contributed by atoms with E-state index in [1.54, 1.807) is 50.2 Å². The lowest BCUT2D eigenvalue weighted by molar-refractivity contribution is -0.121. The fourth-order valence-corrected chi connectivity index (χ4v) is 2.19. The number of amides is 1. The van der Waals surface area contributed by atoms with Gasteiger partial charge in [0, 0.05) is 5.69 Å². The molecule has 0 atom stereocenters. The molecule has 0 radical (unpaired) electrons. The molecule has 6 nitrogen and oxygen atoms in total. The molecule has 0 aromatic heterocycles. The van der Waals surface area contributed by atoms with Gasteiger partial charge in [-0.1, -0.05) is 18.2 Å². The van der Waals surface area contributed by atoms with Crippen molar-refractivity contribution >= 4 is 34.9 Å². The van der Waals surface area contributed by atoms with Crippen molar-refractivity contribution in [2.45, 2.75) is 20.0 Å². The summed E-state index contributed by atoms with van der Waals surface area (Å²) < 4.78 is 10.5. The zero-order valence-electron chi connectivity index (χ0n) is 14.5. The van der Waals surface area contributed by atoms with Crippen LogP contribution in [-0.2, 0) is 9.53 Å². The summed E-state index contributed by atoms with van der Waals surface area (Å²) in [7, 11) is 0. The van der Waals surface area contributed by atoms with Gasteiger partial charge in [-0.15, -0.1) is 0 Å². The highest BCUT2D eigenvalue weighted by atomic mass is 32.1. The minimum absolute atomic E-state index is 0.143. The molecule has 0 aliphatic carbocycles. The second-order valence-corrected chi connectivity index (χ2v) is 6.04. The van der Waals surface area contributed by atoms with Gasteiger partial charge in [0.15, 0.2) is 11.7 Å². The Hall–Kier alpha value is -2.93. The van der Waals surface area contributed by atoms with Crippen LogP contribution in [0.1, 0.15) is 24.2 Å². The van der Waals surface area contributed by atoms with E-state index in [9.17, 15) is 9.59 Å². The van der Waals surface area contributed by atoms with Gasteiger partial charge in [-0.25, -0.2) is 4.79 Å². The Kier molecular flexibility index (Phi) is 7.11. The Morgan fingerprint density at radius 1 is 1.04 bits per heavy atom. The van der Waals surface area contributed by atoms with Gasteiger partial charge in [0.1, 0.15) is 5.75 Å². The minimum Gasteiger partial charge on any atom is -0.484 e. The minimum atomic E-state index is -0.388. The number of esters is 1. The molecular formula is C19H20N2O4S. The molecule has 0 saturated carbocycles. The summed E-state index contributed by atoms with van der Waals surface area (Å²) in [5.41, 5.74) is 1.08. The maximum Gasteiger partial charge on any atom is 0.338 e. The highest BCUT2D eigenvalue weighted by molar-refractivity contribution is 7.80. The average Bonchev–Trinajstić information content (AvgIpc) is 2.61. The van der Waals surface area contributed by atoms with Crippen LogP contribution in [0.25, 0.3) is 0 Å². The van der Waals surface area contributed by atoms with Gasteiger partial charge in [-0.2, -0.15) is 0 Å². The summed E-state index contributed by atoms with van der Waals surface area (Å²) in [5.74, 6) is -0.158. The van der Waals surface area contributed by atoms with E-state index in [1.165, 1.54) is 0 Å². The molecule has 2 aromatic carbocycles. The Labute approximate surface area is 157 Å². The maximum absolute atomic E-state index is 11.8. The number of ether oxygens (including phenoxy) is 2. The number of thiocarbonyl (C=S) groups is 1. The second kappa shape index (κ2) is 9.53. The second-order valence-electron chi connectivity index (χ2n) is 5.64. The largest absolute Gasteiger partial charge is 0.484 e. The molecule has 1 amide bonds. The maximum atomic E-state index is 11.8. The first-order chi connectivity index (χ1) is 12.4. The summed E-state index contributed by atoms with van der Waals surface area (Å²) in [6.45, 7) is 3.43. The molecule has 0 heterocycles. The lowest BCUT2D eigenvalue weighted by atomic mass is 10.2. The number of hydrogen-bond acceptors (Lipinski definition) is 5. The van der Waals surface area contributed by atoms with E-state index < -0.39 is 0 Å². The van der Waals surface area contributed by atoms with E-state index in [0.717, 1.165) is 0 Å². The first-order valence-electron chi connectivity index (χ1n) is 8.04. The first kappa shape index (κ1) is 19.4. The monoisotopic (exact) mass is 372 g/mol. The number of nitrogens with one attached hydrogen (secondary N) is 2. The van der Waals surface area contributed by atoms with Crippen molar-refractivity contribution in [2.24, 2.45) is 0 Å². The van der Waals surface area contributed by atoms with E-state index >= 15 is 0 Å². The van der Waals surface area contributed by atoms with Crippen LogP contribution in [0.4, 0.5) is 5.69 Å². The van der Waals surface area contributed by atoms with Gasteiger partial charge in [0.25, 0.3) is 5.91 Å². The first-order valence-corrected chi connectivity index (χ1v) is 8.44. The van der Waals surface area contributed by atoms with E-state index in [1.807, 2.05) is 18.2 Å². The van der Waals surface area contributed by atoms with Crippen molar-refractivity contribution < 1.29 is 19.1 Å². The molecule has 0 saturated heterocycles. The van der Waals surface area contributed by atoms with Crippen LogP contribution in [0.3, 0.4) is 0 Å². The molecule has 0 spiro atoms. The summed E-state index contributed by atoms with van der Waals surface area (Å²) in [4.78, 5) is 23.6. The molecule has 136 valence electrons. The summed E-state index contributed by atoms with van der Waals surface area (Å²) in [6, 6.07) is 15.6. The topological polar surface area (TPSA) is 76.7 Å². The number of carbonyl (C=O) groups excluding carboxylic acids is 2. The Balaban J connectivity index is 1.80. The molecule has 2 rings (SSSR count). The SMILES string of the molecule is CC(C)OC(=O)c1ccc(NC(=S)NC(=O)COc2ccccc2)cc1. The lowest BCUT2D eigenvalue weighted by Crippen LogP contribution is -2.37. The number of para-hydroxylation sites is 1. The normalized spacial score (nSPS) is 10.1. The quantitative estimate of drug-likeness (QED) is 0.599. The smallest absolute Gasteiger partial charge is 0.338 e. The molecule has 0 aliphatic rings. The predicted molar refractivity (Wildman–Crippen MR) is 103 cm³/mol. The van der Waals surface area contributed by atoms with Gasteiger partial charge >= 0.3 is 5.97 Å². The molecule has 7 heteroatoms. The van der Waals surface area contributed by atoms with E-state index in [-0.39, 0.29) is 29.7 Å². The Morgan fingerprint density at radius 3 is 2.31 bits per heavy atom. The Bertz CT molecular complexity index is 761. The van der Waals surface area contributed by atoms with Crippen LogP contribution in [-0.4, -0.2) is 29.7 Å². The molecule has 0 aliphatic heterocycles. The zero-order valence-corrected chi connectivity index (χ0v) is 15.3. The van der Waals surface area contributed by atoms with Crippen LogP contribution in [0.2, 0.25) is 0 Å². The van der Waals surface area contributed by atoms with Gasteiger partial charge in [-0.3, -0.25) is 10.1 Å². The predicted octanol–water partition coefficient (Wildman–Crippen LogP) is 3.14. The van der Waals surface area contributed by atoms with Crippen molar-refractivity contribution in [2.75, 3.05) is 11.9 Å². The Morgan fingerprint density at radius 2 is 1.69 bits per heavy atom. The zero-order chi connectivity index (χ0) is 18.9. The third kappa shape index (κ3) is 6.52. The van der Waals surface area contributed by atoms with E-state index in [2.05, 4.69) is 10.6 Å². The average molecular weight is 372 g/mol. The summed E-state index contributed by atoms with van der Waals surface area (Å²) in [6.07, 6.45) is -0.179. The molecule has 2 aromatic rings. The fourth-order valence-electron chi connectivity index (χ4n) is 1.96. The number of benzene rings is 2. The number of rotatable bonds is 6. The molecule has 2 N–H and O–H groups in total. The van der Waals surface area contributed by atoms with Crippen molar-refractivity contribution in [3.8, 4) is 5.75 Å². The lowest BCUT2D eigenvalue weighted by Gasteiger charge is -2.11. The van der Waals surface area contributed by atoms with E-state index in [4.69, 9.17) is 21.7 Å². The molecule has 0 unspecified atom stereocenters. The van der Waals surface area contributed by atoms with Crippen molar-refractivity contribution in [1.29, 1.82) is 0 Å². The van der Waals surface area contributed by atoms with Crippen LogP contribution >= 0.6 is 12.2 Å². The van der Waals surface area contributed by atoms with Crippen molar-refractivity contribution in [3.63, 3.8) is 0 Å². The number of anilines is 1. The van der Waals surface area contributed by atoms with Crippen LogP contribution in [0, 0.1) is 0 Å². The van der Waals surface area contributed by atoms with E-state index in [0.29, 0.717) is 17.0 Å². The molecule has 0 bridgehead atoms. The van der Waals surface area contributed by atoms with Gasteiger partial charge in [0.05, 0.1) is 11.7 Å². The third-order valence-corrected chi connectivity index (χ3v) is 3.29. The van der Waals surface area contributed by atoms with Crippen LogP contribution < -0.4 is 15.4 Å². The molecule has 0 fully saturated rings. The van der Waals surface area contributed by atoms with Crippen molar-refractivity contribution in [1.82, 2.24) is 5.32 Å². The number of hydrogen-bond donors (Lipinski definition) is 2. The highest BCUT2D eigenvalue weighted by Gasteiger charge is 2.10. The molecular weight excluding hydrogens is 352 g/mol. The third-order valence-electron chi connectivity index (χ3n) is 3.09. The standard InChI is InChI=1S/C19H20N2O4S/c1-13(2)25-18(23)14-8-10-15(11-9-14)20-19(26)21-17(22)12-24-16-6-4-3-5-7-16/h3-11,13H,12H2,1-2H3,(H2,20,21,22,26). The van der Waals surface area contributed by atoms with Crippen molar-refractivity contribution in [3.05, 3.63) is 60.2 Å². The van der Waals surface area contributed by atoms with Gasteiger partial charge < -0.3 is 14.8 Å². The summed E-state index contributed by atoms with van der Waals surface area (Å²) >= 11 is 5.09. The highest BCUT2D eigenvalue weighted by Crippen LogP contribution is 2.11. The van der Waals surface area contributed by atoms with Crippen LogP contribution in [0.15, 0.2) is 54.6 Å².